The third-order valence-electron chi connectivity index (χ3n) is 5.30. The average Bonchev–Trinajstić information content (AvgIpc) is 3.23. The van der Waals surface area contributed by atoms with Crippen molar-refractivity contribution >= 4 is 17.2 Å². The van der Waals surface area contributed by atoms with Crippen LogP contribution in [0.2, 0.25) is 0 Å². The molecule has 2 fully saturated rings. The molecule has 120 valence electrons. The van der Waals surface area contributed by atoms with Gasteiger partial charge in [0.15, 0.2) is 0 Å². The zero-order chi connectivity index (χ0) is 15.9. The summed E-state index contributed by atoms with van der Waals surface area (Å²) in [5, 5.41) is 3.08. The molecule has 0 aliphatic carbocycles. The van der Waals surface area contributed by atoms with Crippen LogP contribution >= 0.6 is 11.3 Å². The van der Waals surface area contributed by atoms with Crippen LogP contribution in [0.3, 0.4) is 0 Å². The first-order chi connectivity index (χ1) is 11.2. The molecule has 1 aromatic heterocycles. The van der Waals surface area contributed by atoms with Gasteiger partial charge in [-0.05, 0) is 31.0 Å². The van der Waals surface area contributed by atoms with Gasteiger partial charge in [0, 0.05) is 41.9 Å². The third-order valence-corrected chi connectivity index (χ3v) is 6.29. The number of thiophene rings is 1. The average molecular weight is 326 g/mol. The molecule has 2 aliphatic heterocycles. The zero-order valence-electron chi connectivity index (χ0n) is 13.4. The largest absolute Gasteiger partial charge is 0.356 e. The first-order valence-corrected chi connectivity index (χ1v) is 9.10. The summed E-state index contributed by atoms with van der Waals surface area (Å²) in [6.07, 6.45) is 0.950. The summed E-state index contributed by atoms with van der Waals surface area (Å²) in [5.74, 6) is 0.545. The van der Waals surface area contributed by atoms with E-state index in [1.165, 1.54) is 15.3 Å². The number of likely N-dealkylation sites (tertiary alicyclic amines) is 1. The van der Waals surface area contributed by atoms with E-state index in [4.69, 9.17) is 0 Å². The lowest BCUT2D eigenvalue weighted by atomic mass is 9.73. The van der Waals surface area contributed by atoms with Gasteiger partial charge in [-0.3, -0.25) is 9.69 Å². The topological polar surface area (TPSA) is 32.3 Å². The summed E-state index contributed by atoms with van der Waals surface area (Å²) in [6.45, 7) is 5.76. The minimum Gasteiger partial charge on any atom is -0.356 e. The van der Waals surface area contributed by atoms with E-state index in [9.17, 15) is 4.79 Å². The van der Waals surface area contributed by atoms with Gasteiger partial charge in [-0.1, -0.05) is 30.3 Å². The summed E-state index contributed by atoms with van der Waals surface area (Å²) in [5.41, 5.74) is 1.06. The predicted molar refractivity (Wildman–Crippen MR) is 93.6 cm³/mol. The zero-order valence-corrected chi connectivity index (χ0v) is 14.2. The molecule has 0 radical (unpaired) electrons. The highest BCUT2D eigenvalue weighted by molar-refractivity contribution is 7.11. The Balaban J connectivity index is 1.62. The van der Waals surface area contributed by atoms with Crippen molar-refractivity contribution in [2.24, 2.45) is 5.41 Å². The first kappa shape index (κ1) is 14.9. The molecule has 0 unspecified atom stereocenters. The molecule has 1 amide bonds. The fourth-order valence-electron chi connectivity index (χ4n) is 4.20. The van der Waals surface area contributed by atoms with Gasteiger partial charge in [0.05, 0.1) is 5.41 Å². The van der Waals surface area contributed by atoms with E-state index in [1.54, 1.807) is 0 Å². The molecule has 1 N–H and O–H groups in total. The number of carbonyl (C=O) groups is 1. The van der Waals surface area contributed by atoms with E-state index in [2.05, 4.69) is 53.5 Å². The molecule has 2 aliphatic rings. The number of amides is 1. The van der Waals surface area contributed by atoms with E-state index in [-0.39, 0.29) is 11.3 Å². The predicted octanol–water partition coefficient (Wildman–Crippen LogP) is 3.16. The van der Waals surface area contributed by atoms with Gasteiger partial charge < -0.3 is 5.32 Å². The van der Waals surface area contributed by atoms with Crippen LogP contribution in [-0.4, -0.2) is 30.4 Å². The molecule has 4 heteroatoms. The molecular formula is C19H22N2OS. The molecule has 3 heterocycles. The Morgan fingerprint density at radius 1 is 1.26 bits per heavy atom. The van der Waals surface area contributed by atoms with Crippen molar-refractivity contribution in [1.82, 2.24) is 10.2 Å². The number of nitrogens with zero attached hydrogens (tertiary/aromatic N) is 1. The molecule has 1 spiro atoms. The van der Waals surface area contributed by atoms with Gasteiger partial charge in [0.2, 0.25) is 5.91 Å². The lowest BCUT2D eigenvalue weighted by Crippen LogP contribution is -2.37. The quantitative estimate of drug-likeness (QED) is 0.940. The van der Waals surface area contributed by atoms with Crippen molar-refractivity contribution in [3.05, 3.63) is 57.8 Å². The fourth-order valence-corrected chi connectivity index (χ4v) is 5.13. The third kappa shape index (κ3) is 2.60. The molecule has 2 aromatic rings. The second-order valence-electron chi connectivity index (χ2n) is 6.81. The van der Waals surface area contributed by atoms with Crippen molar-refractivity contribution in [1.29, 1.82) is 0 Å². The highest BCUT2D eigenvalue weighted by Gasteiger charge is 2.54. The molecule has 0 saturated carbocycles. The second-order valence-corrected chi connectivity index (χ2v) is 8.18. The number of nitrogens with one attached hydrogen (secondary N) is 1. The summed E-state index contributed by atoms with van der Waals surface area (Å²) in [7, 11) is 0. The normalized spacial score (nSPS) is 27.7. The fraction of sp³-hybridized carbons (Fsp3) is 0.421. The van der Waals surface area contributed by atoms with Gasteiger partial charge in [0.25, 0.3) is 0 Å². The van der Waals surface area contributed by atoms with E-state index in [0.29, 0.717) is 5.92 Å². The number of rotatable bonds is 3. The summed E-state index contributed by atoms with van der Waals surface area (Å²) in [6, 6.07) is 15.0. The molecule has 23 heavy (non-hydrogen) atoms. The number of hydrogen-bond acceptors (Lipinski definition) is 3. The van der Waals surface area contributed by atoms with Gasteiger partial charge >= 0.3 is 0 Å². The van der Waals surface area contributed by atoms with Crippen LogP contribution in [0.15, 0.2) is 42.5 Å². The van der Waals surface area contributed by atoms with Crippen LogP contribution < -0.4 is 5.32 Å². The Hall–Kier alpha value is -1.65. The molecule has 3 nitrogen and oxygen atoms in total. The van der Waals surface area contributed by atoms with Crippen LogP contribution in [0.25, 0.3) is 0 Å². The summed E-state index contributed by atoms with van der Waals surface area (Å²) in [4.78, 5) is 17.9. The Morgan fingerprint density at radius 3 is 2.74 bits per heavy atom. The Bertz CT molecular complexity index is 711. The van der Waals surface area contributed by atoms with Gasteiger partial charge in [-0.15, -0.1) is 11.3 Å². The smallest absolute Gasteiger partial charge is 0.228 e. The molecule has 1 aromatic carbocycles. The van der Waals surface area contributed by atoms with Gasteiger partial charge in [-0.2, -0.15) is 0 Å². The maximum absolute atomic E-state index is 12.6. The molecule has 0 bridgehead atoms. The Kier molecular flexibility index (Phi) is 3.74. The van der Waals surface area contributed by atoms with Crippen LogP contribution in [0.4, 0.5) is 0 Å². The van der Waals surface area contributed by atoms with E-state index in [0.717, 1.165) is 32.6 Å². The van der Waals surface area contributed by atoms with Gasteiger partial charge in [0.1, 0.15) is 0 Å². The SMILES string of the molecule is Cc1ccc(CN2C[C@@H](c3ccccc3)[C@@]3(CCNC3=O)C2)s1. The van der Waals surface area contributed by atoms with E-state index < -0.39 is 0 Å². The van der Waals surface area contributed by atoms with Crippen molar-refractivity contribution < 1.29 is 4.79 Å². The monoisotopic (exact) mass is 326 g/mol. The van der Waals surface area contributed by atoms with Crippen molar-refractivity contribution in [3.63, 3.8) is 0 Å². The minimum absolute atomic E-state index is 0.242. The van der Waals surface area contributed by atoms with Gasteiger partial charge in [-0.25, -0.2) is 0 Å². The summed E-state index contributed by atoms with van der Waals surface area (Å²) >= 11 is 1.86. The van der Waals surface area contributed by atoms with Crippen molar-refractivity contribution in [3.8, 4) is 0 Å². The van der Waals surface area contributed by atoms with Crippen LogP contribution in [0, 0.1) is 12.3 Å². The highest BCUT2D eigenvalue weighted by Crippen LogP contribution is 2.48. The standard InChI is InChI=1S/C19H22N2OS/c1-14-7-8-16(23-14)11-21-12-17(15-5-3-2-4-6-15)19(13-21)9-10-20-18(19)22/h2-8,17H,9-13H2,1H3,(H,20,22)/t17-,19+/m0/s1. The number of hydrogen-bond donors (Lipinski definition) is 1. The van der Waals surface area contributed by atoms with Crippen LogP contribution in [0.5, 0.6) is 0 Å². The van der Waals surface area contributed by atoms with Crippen molar-refractivity contribution in [2.75, 3.05) is 19.6 Å². The first-order valence-electron chi connectivity index (χ1n) is 8.28. The second kappa shape index (κ2) is 5.77. The minimum atomic E-state index is -0.242. The molecular weight excluding hydrogens is 304 g/mol. The number of benzene rings is 1. The van der Waals surface area contributed by atoms with E-state index >= 15 is 0 Å². The molecule has 4 rings (SSSR count). The number of aryl methyl sites for hydroxylation is 1. The lowest BCUT2D eigenvalue weighted by Gasteiger charge is -2.27. The van der Waals surface area contributed by atoms with E-state index in [1.807, 2.05) is 17.4 Å². The molecule has 2 atom stereocenters. The maximum Gasteiger partial charge on any atom is 0.228 e. The van der Waals surface area contributed by atoms with Crippen LogP contribution in [0.1, 0.15) is 27.7 Å². The lowest BCUT2D eigenvalue weighted by molar-refractivity contribution is -0.127. The number of carbonyl (C=O) groups excluding carboxylic acids is 1. The highest BCUT2D eigenvalue weighted by atomic mass is 32.1. The Morgan fingerprint density at radius 2 is 2.09 bits per heavy atom. The van der Waals surface area contributed by atoms with Crippen molar-refractivity contribution in [2.45, 2.75) is 25.8 Å². The molecule has 2 saturated heterocycles. The maximum atomic E-state index is 12.6. The Labute approximate surface area is 141 Å². The summed E-state index contributed by atoms with van der Waals surface area (Å²) < 4.78 is 0. The van der Waals surface area contributed by atoms with Crippen LogP contribution in [-0.2, 0) is 11.3 Å².